The van der Waals surface area contributed by atoms with Gasteiger partial charge in [0.05, 0.1) is 24.7 Å². The van der Waals surface area contributed by atoms with E-state index in [2.05, 4.69) is 5.32 Å². The first-order valence-electron chi connectivity index (χ1n) is 8.23. The molecule has 7 nitrogen and oxygen atoms in total. The fraction of sp³-hybridized carbons (Fsp3) is 0.471. The van der Waals surface area contributed by atoms with E-state index in [4.69, 9.17) is 9.47 Å². The summed E-state index contributed by atoms with van der Waals surface area (Å²) < 4.78 is 36.7. The van der Waals surface area contributed by atoms with E-state index in [1.807, 2.05) is 4.72 Å². The zero-order valence-electron chi connectivity index (χ0n) is 14.0. The minimum absolute atomic E-state index is 0.190. The highest BCUT2D eigenvalue weighted by Crippen LogP contribution is 2.38. The molecule has 2 saturated heterocycles. The van der Waals surface area contributed by atoms with E-state index in [0.29, 0.717) is 24.0 Å². The molecule has 2 N–H and O–H groups in total. The lowest BCUT2D eigenvalue weighted by atomic mass is 9.89. The molecule has 2 fully saturated rings. The second-order valence-corrected chi connectivity index (χ2v) is 7.87. The topological polar surface area (TPSA) is 93.7 Å². The third-order valence-corrected chi connectivity index (χ3v) is 5.49. The number of benzene rings is 1. The van der Waals surface area contributed by atoms with Crippen LogP contribution in [0, 0.1) is 5.92 Å². The van der Waals surface area contributed by atoms with Gasteiger partial charge in [0, 0.05) is 12.5 Å². The molecule has 1 aromatic carbocycles. The minimum Gasteiger partial charge on any atom is -0.497 e. The average Bonchev–Trinajstić information content (AvgIpc) is 3.21. The van der Waals surface area contributed by atoms with Crippen LogP contribution >= 0.6 is 0 Å². The van der Waals surface area contributed by atoms with Crippen molar-refractivity contribution in [1.82, 2.24) is 10.0 Å². The maximum Gasteiger partial charge on any atom is 0.328 e. The van der Waals surface area contributed by atoms with E-state index in [-0.39, 0.29) is 12.0 Å². The third kappa shape index (κ3) is 4.73. The first-order chi connectivity index (χ1) is 11.9. The van der Waals surface area contributed by atoms with Gasteiger partial charge < -0.3 is 14.8 Å². The maximum absolute atomic E-state index is 12.0. The number of urea groups is 1. The Morgan fingerprint density at radius 2 is 2.24 bits per heavy atom. The van der Waals surface area contributed by atoms with E-state index in [1.54, 1.807) is 24.3 Å². The van der Waals surface area contributed by atoms with Gasteiger partial charge in [-0.3, -0.25) is 0 Å². The number of amides is 2. The largest absolute Gasteiger partial charge is 0.497 e. The molecule has 136 valence electrons. The molecule has 2 heterocycles. The van der Waals surface area contributed by atoms with Crippen molar-refractivity contribution in [3.63, 3.8) is 0 Å². The fourth-order valence-electron chi connectivity index (χ4n) is 3.29. The molecule has 1 aromatic rings. The van der Waals surface area contributed by atoms with Crippen molar-refractivity contribution < 1.29 is 22.7 Å². The van der Waals surface area contributed by atoms with E-state index < -0.39 is 16.1 Å². The molecule has 0 spiro atoms. The van der Waals surface area contributed by atoms with Crippen molar-refractivity contribution >= 4 is 22.1 Å². The number of carbonyl (C=O) groups is 1. The number of fused-ring (bicyclic) bond motifs is 2. The number of hydrogen-bond donors (Lipinski definition) is 2. The number of methoxy groups -OCH3 is 1. The summed E-state index contributed by atoms with van der Waals surface area (Å²) in [5.74, 6) is 0.887. The Bertz CT molecular complexity index is 762. The van der Waals surface area contributed by atoms with Gasteiger partial charge in [0.1, 0.15) is 5.75 Å². The summed E-state index contributed by atoms with van der Waals surface area (Å²) in [5, 5.41) is 3.58. The first-order valence-corrected chi connectivity index (χ1v) is 9.78. The van der Waals surface area contributed by atoms with Crippen LogP contribution in [0.5, 0.6) is 5.75 Å². The molecule has 0 saturated carbocycles. The molecule has 2 aliphatic rings. The summed E-state index contributed by atoms with van der Waals surface area (Å²) in [4.78, 5) is 11.8. The number of carbonyl (C=O) groups excluding carboxylic acids is 1. The zero-order valence-corrected chi connectivity index (χ0v) is 14.8. The van der Waals surface area contributed by atoms with Gasteiger partial charge >= 0.3 is 6.03 Å². The van der Waals surface area contributed by atoms with E-state index in [0.717, 1.165) is 24.7 Å². The van der Waals surface area contributed by atoms with Crippen LogP contribution in [0.2, 0.25) is 0 Å². The normalized spacial score (nSPS) is 25.2. The molecule has 25 heavy (non-hydrogen) atoms. The van der Waals surface area contributed by atoms with Crippen LogP contribution in [0.3, 0.4) is 0 Å². The Morgan fingerprint density at radius 1 is 1.40 bits per heavy atom. The Labute approximate surface area is 147 Å². The van der Waals surface area contributed by atoms with Gasteiger partial charge in [-0.05, 0) is 43.0 Å². The van der Waals surface area contributed by atoms with Gasteiger partial charge in [-0.2, -0.15) is 0 Å². The van der Waals surface area contributed by atoms with Crippen molar-refractivity contribution in [2.24, 2.45) is 5.92 Å². The molecular weight excluding hydrogens is 344 g/mol. The predicted octanol–water partition coefficient (Wildman–Crippen LogP) is 1.86. The first kappa shape index (κ1) is 17.8. The molecule has 3 rings (SSSR count). The third-order valence-electron chi connectivity index (χ3n) is 4.53. The fourth-order valence-corrected chi connectivity index (χ4v) is 4.03. The highest BCUT2D eigenvalue weighted by atomic mass is 32.2. The van der Waals surface area contributed by atoms with Gasteiger partial charge in [0.25, 0.3) is 10.0 Å². The van der Waals surface area contributed by atoms with Crippen molar-refractivity contribution in [3.8, 4) is 5.75 Å². The SMILES string of the molecule is COc1cccc(C=CS(=O)(=O)NC(=O)NCC2CC3CCC2O3)c1. The van der Waals surface area contributed by atoms with Gasteiger partial charge in [-0.15, -0.1) is 0 Å². The number of hydrogen-bond acceptors (Lipinski definition) is 5. The van der Waals surface area contributed by atoms with E-state index >= 15 is 0 Å². The van der Waals surface area contributed by atoms with Crippen LogP contribution < -0.4 is 14.8 Å². The summed E-state index contributed by atoms with van der Waals surface area (Å²) >= 11 is 0. The number of ether oxygens (including phenoxy) is 2. The van der Waals surface area contributed by atoms with Crippen LogP contribution in [0.1, 0.15) is 24.8 Å². The molecule has 0 aromatic heterocycles. The summed E-state index contributed by atoms with van der Waals surface area (Å²) in [7, 11) is -2.33. The Balaban J connectivity index is 1.50. The molecule has 0 aliphatic carbocycles. The second-order valence-electron chi connectivity index (χ2n) is 6.31. The standard InChI is InChI=1S/C17H22N2O5S/c1-23-14-4-2-3-12(9-14)7-8-25(21,22)19-17(20)18-11-13-10-15-5-6-16(13)24-15/h2-4,7-9,13,15-16H,5-6,10-11H2,1H3,(H2,18,19,20). The lowest BCUT2D eigenvalue weighted by Gasteiger charge is -2.18. The van der Waals surface area contributed by atoms with Crippen molar-refractivity contribution in [2.45, 2.75) is 31.5 Å². The molecule has 2 bridgehead atoms. The number of rotatable bonds is 6. The van der Waals surface area contributed by atoms with Gasteiger partial charge in [-0.1, -0.05) is 12.1 Å². The van der Waals surface area contributed by atoms with E-state index in [1.165, 1.54) is 13.2 Å². The summed E-state index contributed by atoms with van der Waals surface area (Å²) in [6, 6.07) is 6.22. The molecule has 2 aliphatic heterocycles. The van der Waals surface area contributed by atoms with Crippen LogP contribution in [0.25, 0.3) is 6.08 Å². The zero-order chi connectivity index (χ0) is 17.9. The molecular formula is C17H22N2O5S. The average molecular weight is 366 g/mol. The monoisotopic (exact) mass is 366 g/mol. The highest BCUT2D eigenvalue weighted by Gasteiger charge is 2.40. The molecule has 0 radical (unpaired) electrons. The lowest BCUT2D eigenvalue weighted by Crippen LogP contribution is -2.42. The number of sulfonamides is 1. The molecule has 3 atom stereocenters. The number of nitrogens with one attached hydrogen (secondary N) is 2. The second kappa shape index (κ2) is 7.45. The van der Waals surface area contributed by atoms with Crippen molar-refractivity contribution in [1.29, 1.82) is 0 Å². The summed E-state index contributed by atoms with van der Waals surface area (Å²) in [6.07, 6.45) is 4.91. The molecule has 8 heteroatoms. The maximum atomic E-state index is 12.0. The van der Waals surface area contributed by atoms with Gasteiger partial charge in [0.2, 0.25) is 0 Å². The summed E-state index contributed by atoms with van der Waals surface area (Å²) in [6.45, 7) is 0.419. The quantitative estimate of drug-likeness (QED) is 0.801. The van der Waals surface area contributed by atoms with Crippen LogP contribution in [0.4, 0.5) is 4.79 Å². The van der Waals surface area contributed by atoms with Crippen LogP contribution in [0.15, 0.2) is 29.7 Å². The van der Waals surface area contributed by atoms with Crippen LogP contribution in [-0.2, 0) is 14.8 Å². The Hall–Kier alpha value is -2.06. The van der Waals surface area contributed by atoms with E-state index in [9.17, 15) is 13.2 Å². The lowest BCUT2D eigenvalue weighted by molar-refractivity contribution is 0.0928. The molecule has 2 amide bonds. The summed E-state index contributed by atoms with van der Waals surface area (Å²) in [5.41, 5.74) is 0.657. The van der Waals surface area contributed by atoms with Gasteiger partial charge in [0.15, 0.2) is 0 Å². The smallest absolute Gasteiger partial charge is 0.328 e. The predicted molar refractivity (Wildman–Crippen MR) is 93.5 cm³/mol. The van der Waals surface area contributed by atoms with Crippen molar-refractivity contribution in [2.75, 3.05) is 13.7 Å². The Kier molecular flexibility index (Phi) is 5.29. The van der Waals surface area contributed by atoms with Crippen LogP contribution in [-0.4, -0.2) is 40.3 Å². The molecule has 3 unspecified atom stereocenters. The highest BCUT2D eigenvalue weighted by molar-refractivity contribution is 7.93. The van der Waals surface area contributed by atoms with Crippen molar-refractivity contribution in [3.05, 3.63) is 35.2 Å². The minimum atomic E-state index is -3.87. The Morgan fingerprint density at radius 3 is 2.92 bits per heavy atom. The van der Waals surface area contributed by atoms with Gasteiger partial charge in [-0.25, -0.2) is 17.9 Å².